The topological polar surface area (TPSA) is 86.9 Å². The van der Waals surface area contributed by atoms with Gasteiger partial charge >= 0.3 is 0 Å². The molecule has 7 heteroatoms. The second kappa shape index (κ2) is 5.15. The quantitative estimate of drug-likeness (QED) is 0.708. The normalized spacial score (nSPS) is 11.2. The fourth-order valence-electron chi connectivity index (χ4n) is 1.94. The van der Waals surface area contributed by atoms with E-state index in [1.54, 1.807) is 10.9 Å². The average Bonchev–Trinajstić information content (AvgIpc) is 3.02. The van der Waals surface area contributed by atoms with E-state index < -0.39 is 0 Å². The molecule has 98 valence electrons. The van der Waals surface area contributed by atoms with Gasteiger partial charge in [0.15, 0.2) is 0 Å². The van der Waals surface area contributed by atoms with Gasteiger partial charge in [-0.05, 0) is 25.5 Å². The first-order valence-corrected chi connectivity index (χ1v) is 6.23. The zero-order valence-electron chi connectivity index (χ0n) is 10.5. The minimum absolute atomic E-state index is 0.596. The van der Waals surface area contributed by atoms with E-state index in [9.17, 15) is 0 Å². The first-order valence-electron chi connectivity index (χ1n) is 6.23. The fraction of sp³-hybridized carbons (Fsp3) is 0.333. The summed E-state index contributed by atoms with van der Waals surface area (Å²) in [4.78, 5) is 8.60. The Labute approximate surface area is 110 Å². The van der Waals surface area contributed by atoms with Crippen LogP contribution >= 0.6 is 0 Å². The summed E-state index contributed by atoms with van der Waals surface area (Å²) in [5.74, 6) is 0.695. The Bertz CT molecular complexity index is 636. The number of rotatable bonds is 5. The molecule has 0 bridgehead atoms. The summed E-state index contributed by atoms with van der Waals surface area (Å²) >= 11 is 0. The standard InChI is InChI=1S/C12H15N7/c13-4-1-3-10-8-19(17-16-10)9-11-7-18-6-2-5-14-12(18)15-11/h2,5-8H,1,3-4,9,13H2. The van der Waals surface area contributed by atoms with Crippen LogP contribution in [0.3, 0.4) is 0 Å². The van der Waals surface area contributed by atoms with Crippen LogP contribution in [0.25, 0.3) is 5.78 Å². The fourth-order valence-corrected chi connectivity index (χ4v) is 1.94. The van der Waals surface area contributed by atoms with E-state index in [0.717, 1.165) is 24.2 Å². The predicted octanol–water partition coefficient (Wildman–Crippen LogP) is 0.260. The maximum atomic E-state index is 5.48. The molecule has 0 aliphatic heterocycles. The van der Waals surface area contributed by atoms with E-state index in [4.69, 9.17) is 5.73 Å². The summed E-state index contributed by atoms with van der Waals surface area (Å²) in [6.45, 7) is 1.27. The summed E-state index contributed by atoms with van der Waals surface area (Å²) < 4.78 is 3.68. The number of nitrogens with two attached hydrogens (primary N) is 1. The van der Waals surface area contributed by atoms with Gasteiger partial charge < -0.3 is 5.73 Å². The van der Waals surface area contributed by atoms with Crippen molar-refractivity contribution in [2.75, 3.05) is 6.54 Å². The molecule has 0 radical (unpaired) electrons. The highest BCUT2D eigenvalue weighted by Gasteiger charge is 2.05. The Kier molecular flexibility index (Phi) is 3.20. The molecule has 0 atom stereocenters. The molecule has 0 saturated carbocycles. The van der Waals surface area contributed by atoms with Gasteiger partial charge in [-0.25, -0.2) is 14.6 Å². The monoisotopic (exact) mass is 257 g/mol. The molecule has 0 unspecified atom stereocenters. The molecule has 3 rings (SSSR count). The molecule has 0 saturated heterocycles. The Morgan fingerprint density at radius 3 is 3.00 bits per heavy atom. The number of aromatic nitrogens is 6. The predicted molar refractivity (Wildman–Crippen MR) is 69.5 cm³/mol. The van der Waals surface area contributed by atoms with Crippen molar-refractivity contribution < 1.29 is 0 Å². The van der Waals surface area contributed by atoms with Crippen LogP contribution in [0.1, 0.15) is 17.8 Å². The minimum atomic E-state index is 0.596. The highest BCUT2D eigenvalue weighted by Crippen LogP contribution is 2.04. The number of imidazole rings is 1. The molecule has 19 heavy (non-hydrogen) atoms. The molecule has 2 N–H and O–H groups in total. The van der Waals surface area contributed by atoms with Crippen molar-refractivity contribution in [2.24, 2.45) is 5.73 Å². The second-order valence-electron chi connectivity index (χ2n) is 4.36. The lowest BCUT2D eigenvalue weighted by molar-refractivity contribution is 0.640. The Morgan fingerprint density at radius 2 is 2.16 bits per heavy atom. The molecule has 0 amide bonds. The molecular formula is C12H15N7. The van der Waals surface area contributed by atoms with Gasteiger partial charge in [-0.3, -0.25) is 4.40 Å². The van der Waals surface area contributed by atoms with Gasteiger partial charge in [0.1, 0.15) is 0 Å². The van der Waals surface area contributed by atoms with Gasteiger partial charge in [-0.15, -0.1) is 5.10 Å². The molecule has 3 aromatic heterocycles. The number of nitrogens with zero attached hydrogens (tertiary/aromatic N) is 6. The van der Waals surface area contributed by atoms with E-state index in [2.05, 4.69) is 20.3 Å². The van der Waals surface area contributed by atoms with Crippen molar-refractivity contribution in [2.45, 2.75) is 19.4 Å². The van der Waals surface area contributed by atoms with Crippen LogP contribution < -0.4 is 5.73 Å². The number of aryl methyl sites for hydroxylation is 1. The van der Waals surface area contributed by atoms with Crippen LogP contribution in [0.2, 0.25) is 0 Å². The third kappa shape index (κ3) is 2.60. The Morgan fingerprint density at radius 1 is 1.21 bits per heavy atom. The van der Waals surface area contributed by atoms with Gasteiger partial charge in [0.25, 0.3) is 0 Å². The number of hydrogen-bond donors (Lipinski definition) is 1. The highest BCUT2D eigenvalue weighted by atomic mass is 15.4. The summed E-state index contributed by atoms with van der Waals surface area (Å²) in [5.41, 5.74) is 7.35. The number of fused-ring (bicyclic) bond motifs is 1. The SMILES string of the molecule is NCCCc1cn(Cc2cn3cccnc3n2)nn1. The molecule has 0 spiro atoms. The van der Waals surface area contributed by atoms with Crippen molar-refractivity contribution in [1.29, 1.82) is 0 Å². The second-order valence-corrected chi connectivity index (χ2v) is 4.36. The van der Waals surface area contributed by atoms with E-state index in [1.165, 1.54) is 0 Å². The van der Waals surface area contributed by atoms with Crippen LogP contribution in [0, 0.1) is 0 Å². The van der Waals surface area contributed by atoms with Crippen molar-refractivity contribution >= 4 is 5.78 Å². The summed E-state index contributed by atoms with van der Waals surface area (Å²) in [5, 5.41) is 8.20. The molecule has 3 heterocycles. The van der Waals surface area contributed by atoms with Crippen LogP contribution in [-0.4, -0.2) is 35.9 Å². The highest BCUT2D eigenvalue weighted by molar-refractivity contribution is 5.29. The Hall–Kier alpha value is -2.28. The van der Waals surface area contributed by atoms with E-state index in [-0.39, 0.29) is 0 Å². The van der Waals surface area contributed by atoms with Crippen LogP contribution in [0.5, 0.6) is 0 Å². The van der Waals surface area contributed by atoms with Gasteiger partial charge in [0.05, 0.1) is 17.9 Å². The van der Waals surface area contributed by atoms with E-state index in [1.807, 2.05) is 29.1 Å². The smallest absolute Gasteiger partial charge is 0.233 e. The van der Waals surface area contributed by atoms with Crippen molar-refractivity contribution in [3.8, 4) is 0 Å². The Balaban J connectivity index is 1.75. The van der Waals surface area contributed by atoms with Gasteiger partial charge in [0, 0.05) is 24.8 Å². The first-order chi connectivity index (χ1) is 9.35. The van der Waals surface area contributed by atoms with E-state index in [0.29, 0.717) is 18.9 Å². The molecule has 0 aliphatic carbocycles. The molecule has 3 aromatic rings. The third-order valence-electron chi connectivity index (χ3n) is 2.83. The largest absolute Gasteiger partial charge is 0.330 e. The molecule has 7 nitrogen and oxygen atoms in total. The summed E-state index contributed by atoms with van der Waals surface area (Å²) in [7, 11) is 0. The maximum absolute atomic E-state index is 5.48. The summed E-state index contributed by atoms with van der Waals surface area (Å²) in [6, 6.07) is 1.87. The van der Waals surface area contributed by atoms with Gasteiger partial charge in [-0.2, -0.15) is 0 Å². The minimum Gasteiger partial charge on any atom is -0.330 e. The first kappa shape index (κ1) is 11.8. The summed E-state index contributed by atoms with van der Waals surface area (Å²) in [6.07, 6.45) is 9.33. The van der Waals surface area contributed by atoms with Crippen molar-refractivity contribution in [3.05, 3.63) is 42.2 Å². The lowest BCUT2D eigenvalue weighted by atomic mass is 10.2. The lowest BCUT2D eigenvalue weighted by Crippen LogP contribution is -2.01. The number of hydrogen-bond acceptors (Lipinski definition) is 5. The third-order valence-corrected chi connectivity index (χ3v) is 2.83. The van der Waals surface area contributed by atoms with Gasteiger partial charge in [-0.1, -0.05) is 5.21 Å². The molecular weight excluding hydrogens is 242 g/mol. The van der Waals surface area contributed by atoms with E-state index >= 15 is 0 Å². The van der Waals surface area contributed by atoms with Crippen LogP contribution in [-0.2, 0) is 13.0 Å². The van der Waals surface area contributed by atoms with Crippen LogP contribution in [0.4, 0.5) is 0 Å². The average molecular weight is 257 g/mol. The molecule has 0 fully saturated rings. The van der Waals surface area contributed by atoms with Crippen molar-refractivity contribution in [1.82, 2.24) is 29.4 Å². The lowest BCUT2D eigenvalue weighted by Gasteiger charge is -1.94. The molecule has 0 aliphatic rings. The van der Waals surface area contributed by atoms with Crippen molar-refractivity contribution in [3.63, 3.8) is 0 Å². The zero-order valence-corrected chi connectivity index (χ0v) is 10.5. The maximum Gasteiger partial charge on any atom is 0.233 e. The van der Waals surface area contributed by atoms with Crippen LogP contribution in [0.15, 0.2) is 30.9 Å². The molecule has 0 aromatic carbocycles. The van der Waals surface area contributed by atoms with Gasteiger partial charge in [0.2, 0.25) is 5.78 Å². The zero-order chi connectivity index (χ0) is 13.1.